The van der Waals surface area contributed by atoms with Gasteiger partial charge in [0.2, 0.25) is 0 Å². The van der Waals surface area contributed by atoms with E-state index in [9.17, 15) is 4.39 Å². The number of alkyl halides is 1. The van der Waals surface area contributed by atoms with Crippen molar-refractivity contribution in [1.29, 1.82) is 0 Å². The van der Waals surface area contributed by atoms with Crippen molar-refractivity contribution in [2.75, 3.05) is 20.8 Å². The molecule has 0 radical (unpaired) electrons. The van der Waals surface area contributed by atoms with E-state index in [4.69, 9.17) is 9.47 Å². The summed E-state index contributed by atoms with van der Waals surface area (Å²) in [5, 5.41) is 3.44. The molecule has 1 aromatic carbocycles. The summed E-state index contributed by atoms with van der Waals surface area (Å²) < 4.78 is 23.5. The summed E-state index contributed by atoms with van der Waals surface area (Å²) in [5.41, 5.74) is 1.66. The molecule has 1 saturated heterocycles. The van der Waals surface area contributed by atoms with Crippen LogP contribution in [0.4, 0.5) is 4.39 Å². The molecule has 0 amide bonds. The first-order valence-corrected chi connectivity index (χ1v) is 6.31. The molecule has 0 bridgehead atoms. The average Bonchev–Trinajstić information content (AvgIpc) is 2.90. The lowest BCUT2D eigenvalue weighted by Crippen LogP contribution is -2.23. The monoisotopic (exact) mass is 253 g/mol. The maximum absolute atomic E-state index is 13.0. The Morgan fingerprint density at radius 1 is 1.33 bits per heavy atom. The molecule has 1 aliphatic heterocycles. The predicted octanol–water partition coefficient (Wildman–Crippen LogP) is 2.47. The van der Waals surface area contributed by atoms with Gasteiger partial charge in [-0.25, -0.2) is 4.39 Å². The normalized spacial score (nSPS) is 18.9. The number of nitrogens with one attached hydrogen (secondary N) is 1. The molecule has 100 valence electrons. The van der Waals surface area contributed by atoms with Crippen molar-refractivity contribution in [2.24, 2.45) is 0 Å². The first kappa shape index (κ1) is 13.1. The second kappa shape index (κ2) is 6.05. The van der Waals surface area contributed by atoms with E-state index in [0.717, 1.165) is 18.5 Å². The van der Waals surface area contributed by atoms with Crippen LogP contribution in [0.2, 0.25) is 0 Å². The fourth-order valence-corrected chi connectivity index (χ4v) is 2.54. The predicted molar refractivity (Wildman–Crippen MR) is 69.1 cm³/mol. The highest BCUT2D eigenvalue weighted by Gasteiger charge is 2.17. The molecule has 1 heterocycles. The van der Waals surface area contributed by atoms with E-state index in [0.29, 0.717) is 23.1 Å². The fourth-order valence-electron chi connectivity index (χ4n) is 2.54. The molecule has 18 heavy (non-hydrogen) atoms. The molecule has 3 nitrogen and oxygen atoms in total. The molecule has 1 aliphatic rings. The number of halogens is 1. The van der Waals surface area contributed by atoms with Crippen molar-refractivity contribution in [1.82, 2.24) is 5.32 Å². The number of ether oxygens (including phenoxy) is 2. The summed E-state index contributed by atoms with van der Waals surface area (Å²) in [6.45, 7) is 0.541. The van der Waals surface area contributed by atoms with Gasteiger partial charge in [0.15, 0.2) is 11.5 Å². The van der Waals surface area contributed by atoms with Crippen molar-refractivity contribution in [3.8, 4) is 11.5 Å². The van der Waals surface area contributed by atoms with Crippen LogP contribution in [-0.4, -0.2) is 26.8 Å². The Balaban J connectivity index is 2.24. The zero-order valence-electron chi connectivity index (χ0n) is 11.0. The second-order valence-corrected chi connectivity index (χ2v) is 4.62. The molecule has 1 aromatic rings. The highest BCUT2D eigenvalue weighted by molar-refractivity contribution is 5.49. The summed E-state index contributed by atoms with van der Waals surface area (Å²) >= 11 is 0. The summed E-state index contributed by atoms with van der Waals surface area (Å²) in [6.07, 6.45) is 3.31. The quantitative estimate of drug-likeness (QED) is 0.874. The minimum Gasteiger partial charge on any atom is -0.493 e. The van der Waals surface area contributed by atoms with E-state index in [1.807, 2.05) is 12.1 Å². The van der Waals surface area contributed by atoms with Crippen LogP contribution in [0, 0.1) is 0 Å². The summed E-state index contributed by atoms with van der Waals surface area (Å²) in [5.74, 6) is 1.11. The van der Waals surface area contributed by atoms with Crippen molar-refractivity contribution in [2.45, 2.75) is 32.0 Å². The van der Waals surface area contributed by atoms with Crippen molar-refractivity contribution in [3.05, 3.63) is 23.3 Å². The maximum atomic E-state index is 13.0. The molecule has 1 unspecified atom stereocenters. The largest absolute Gasteiger partial charge is 0.493 e. The number of hydrogen-bond acceptors (Lipinski definition) is 3. The van der Waals surface area contributed by atoms with Gasteiger partial charge in [-0.3, -0.25) is 0 Å². The van der Waals surface area contributed by atoms with E-state index in [-0.39, 0.29) is 0 Å². The minimum absolute atomic E-state index is 0.496. The second-order valence-electron chi connectivity index (χ2n) is 4.62. The van der Waals surface area contributed by atoms with Crippen LogP contribution in [0.1, 0.15) is 24.0 Å². The highest BCUT2D eigenvalue weighted by atomic mass is 19.1. The van der Waals surface area contributed by atoms with Crippen molar-refractivity contribution < 1.29 is 13.9 Å². The van der Waals surface area contributed by atoms with Gasteiger partial charge in [0, 0.05) is 11.6 Å². The summed E-state index contributed by atoms with van der Waals surface area (Å²) in [4.78, 5) is 0. The third kappa shape index (κ3) is 2.75. The zero-order chi connectivity index (χ0) is 13.0. The Hall–Kier alpha value is -1.29. The Morgan fingerprint density at radius 2 is 2.17 bits per heavy atom. The lowest BCUT2D eigenvalue weighted by atomic mass is 10.0. The Morgan fingerprint density at radius 3 is 2.72 bits per heavy atom. The maximum Gasteiger partial charge on any atom is 0.166 e. The number of rotatable bonds is 5. The van der Waals surface area contributed by atoms with Crippen LogP contribution in [0.5, 0.6) is 11.5 Å². The third-order valence-electron chi connectivity index (χ3n) is 3.40. The number of benzene rings is 1. The molecule has 1 N–H and O–H groups in total. The number of methoxy groups -OCH3 is 2. The SMILES string of the molecule is COc1cc(CC2CCCN2)cc(CF)c1OC. The molecule has 1 fully saturated rings. The Kier molecular flexibility index (Phi) is 4.42. The average molecular weight is 253 g/mol. The van der Waals surface area contributed by atoms with E-state index in [2.05, 4.69) is 5.32 Å². The van der Waals surface area contributed by atoms with Gasteiger partial charge in [0.05, 0.1) is 14.2 Å². The van der Waals surface area contributed by atoms with Crippen LogP contribution in [0.15, 0.2) is 12.1 Å². The molecule has 1 atom stereocenters. The van der Waals surface area contributed by atoms with Gasteiger partial charge >= 0.3 is 0 Å². The molecule has 0 aliphatic carbocycles. The van der Waals surface area contributed by atoms with E-state index in [1.165, 1.54) is 20.0 Å². The van der Waals surface area contributed by atoms with Crippen LogP contribution in [0.3, 0.4) is 0 Å². The fraction of sp³-hybridized carbons (Fsp3) is 0.571. The minimum atomic E-state index is -0.536. The standard InChI is InChI=1S/C14H20FNO2/c1-17-13-8-10(7-12-4-3-5-16-12)6-11(9-15)14(13)18-2/h6,8,12,16H,3-5,7,9H2,1-2H3. The summed E-state index contributed by atoms with van der Waals surface area (Å²) in [7, 11) is 3.12. The van der Waals surface area contributed by atoms with Crippen molar-refractivity contribution in [3.63, 3.8) is 0 Å². The van der Waals surface area contributed by atoms with Gasteiger partial charge in [-0.05, 0) is 43.5 Å². The van der Waals surface area contributed by atoms with Gasteiger partial charge in [-0.1, -0.05) is 0 Å². The molecular formula is C14H20FNO2. The number of hydrogen-bond donors (Lipinski definition) is 1. The van der Waals surface area contributed by atoms with Gasteiger partial charge in [0.1, 0.15) is 6.67 Å². The van der Waals surface area contributed by atoms with Crippen LogP contribution in [0.25, 0.3) is 0 Å². The van der Waals surface area contributed by atoms with Gasteiger partial charge < -0.3 is 14.8 Å². The van der Waals surface area contributed by atoms with Gasteiger partial charge in [-0.2, -0.15) is 0 Å². The van der Waals surface area contributed by atoms with Crippen LogP contribution >= 0.6 is 0 Å². The van der Waals surface area contributed by atoms with Gasteiger partial charge in [0.25, 0.3) is 0 Å². The van der Waals surface area contributed by atoms with Crippen LogP contribution < -0.4 is 14.8 Å². The van der Waals surface area contributed by atoms with E-state index in [1.54, 1.807) is 7.11 Å². The molecule has 4 heteroatoms. The lowest BCUT2D eigenvalue weighted by Gasteiger charge is -2.15. The molecule has 0 spiro atoms. The first-order chi connectivity index (χ1) is 8.78. The molecule has 0 saturated carbocycles. The highest BCUT2D eigenvalue weighted by Crippen LogP contribution is 2.33. The van der Waals surface area contributed by atoms with Gasteiger partial charge in [-0.15, -0.1) is 0 Å². The first-order valence-electron chi connectivity index (χ1n) is 6.31. The molecule has 0 aromatic heterocycles. The zero-order valence-corrected chi connectivity index (χ0v) is 11.0. The Bertz CT molecular complexity index is 378. The molecular weight excluding hydrogens is 233 g/mol. The summed E-state index contributed by atoms with van der Waals surface area (Å²) in [6, 6.07) is 4.31. The third-order valence-corrected chi connectivity index (χ3v) is 3.40. The smallest absolute Gasteiger partial charge is 0.166 e. The van der Waals surface area contributed by atoms with E-state index < -0.39 is 6.67 Å². The van der Waals surface area contributed by atoms with Crippen LogP contribution in [-0.2, 0) is 13.1 Å². The topological polar surface area (TPSA) is 30.5 Å². The van der Waals surface area contributed by atoms with E-state index >= 15 is 0 Å². The Labute approximate surface area is 107 Å². The lowest BCUT2D eigenvalue weighted by molar-refractivity contribution is 0.344. The molecule has 2 rings (SSSR count). The van der Waals surface area contributed by atoms with Crippen molar-refractivity contribution >= 4 is 0 Å².